The van der Waals surface area contributed by atoms with Gasteiger partial charge < -0.3 is 5.11 Å². The van der Waals surface area contributed by atoms with Crippen LogP contribution in [-0.4, -0.2) is 61.8 Å². The van der Waals surface area contributed by atoms with Crippen molar-refractivity contribution in [3.8, 4) is 0 Å². The van der Waals surface area contributed by atoms with Crippen LogP contribution in [0.4, 0.5) is 0 Å². The SMILES string of the molecule is Cc1cccc(CN2C[C@@H](CS(=O)(=O)N(C)C)[C@H](O)C2)c1C. The number of rotatable bonds is 5. The fourth-order valence-corrected chi connectivity index (χ4v) is 4.04. The molecule has 22 heavy (non-hydrogen) atoms. The van der Waals surface area contributed by atoms with E-state index in [0.717, 1.165) is 6.54 Å². The molecular formula is C16H26N2O3S. The maximum absolute atomic E-state index is 12.0. The van der Waals surface area contributed by atoms with E-state index in [4.69, 9.17) is 0 Å². The first kappa shape index (κ1) is 17.4. The third kappa shape index (κ3) is 3.87. The van der Waals surface area contributed by atoms with Gasteiger partial charge in [0.2, 0.25) is 10.0 Å². The van der Waals surface area contributed by atoms with Crippen molar-refractivity contribution in [3.63, 3.8) is 0 Å². The van der Waals surface area contributed by atoms with Crippen LogP contribution in [0.1, 0.15) is 16.7 Å². The van der Waals surface area contributed by atoms with Crippen LogP contribution in [0.25, 0.3) is 0 Å². The first-order chi connectivity index (χ1) is 10.2. The monoisotopic (exact) mass is 326 g/mol. The minimum Gasteiger partial charge on any atom is -0.391 e. The van der Waals surface area contributed by atoms with Crippen LogP contribution in [0.2, 0.25) is 0 Å². The minimum absolute atomic E-state index is 0.00443. The quantitative estimate of drug-likeness (QED) is 0.876. The molecule has 1 aliphatic rings. The van der Waals surface area contributed by atoms with Crippen LogP contribution < -0.4 is 0 Å². The van der Waals surface area contributed by atoms with Gasteiger partial charge in [0.05, 0.1) is 11.9 Å². The first-order valence-electron chi connectivity index (χ1n) is 7.56. The summed E-state index contributed by atoms with van der Waals surface area (Å²) in [7, 11) is -0.214. The average molecular weight is 326 g/mol. The predicted molar refractivity (Wildman–Crippen MR) is 88.2 cm³/mol. The summed E-state index contributed by atoms with van der Waals surface area (Å²) in [6.45, 7) is 6.08. The molecule has 0 radical (unpaired) electrons. The molecule has 1 aromatic carbocycles. The molecule has 0 unspecified atom stereocenters. The van der Waals surface area contributed by atoms with E-state index >= 15 is 0 Å². The largest absolute Gasteiger partial charge is 0.391 e. The molecule has 2 atom stereocenters. The standard InChI is InChI=1S/C16H26N2O3S/c1-12-6-5-7-14(13(12)2)8-18-9-15(16(19)10-18)11-22(20,21)17(3)4/h5-7,15-16,19H,8-11H2,1-4H3/t15-,16+/m0/s1. The summed E-state index contributed by atoms with van der Waals surface area (Å²) < 4.78 is 25.2. The number of aryl methyl sites for hydroxylation is 1. The highest BCUT2D eigenvalue weighted by molar-refractivity contribution is 7.89. The van der Waals surface area contributed by atoms with Crippen molar-refractivity contribution in [2.24, 2.45) is 5.92 Å². The molecule has 0 bridgehead atoms. The Kier molecular flexibility index (Phi) is 5.27. The fraction of sp³-hybridized carbons (Fsp3) is 0.625. The molecule has 0 saturated carbocycles. The molecule has 0 aliphatic carbocycles. The van der Waals surface area contributed by atoms with Crippen molar-refractivity contribution in [1.29, 1.82) is 0 Å². The van der Waals surface area contributed by atoms with Gasteiger partial charge in [0, 0.05) is 39.6 Å². The van der Waals surface area contributed by atoms with E-state index in [9.17, 15) is 13.5 Å². The van der Waals surface area contributed by atoms with Crippen LogP contribution >= 0.6 is 0 Å². The molecule has 5 nitrogen and oxygen atoms in total. The zero-order valence-corrected chi connectivity index (χ0v) is 14.6. The molecular weight excluding hydrogens is 300 g/mol. The third-order valence-corrected chi connectivity index (χ3v) is 6.54. The lowest BCUT2D eigenvalue weighted by Gasteiger charge is -2.19. The molecule has 1 aromatic rings. The van der Waals surface area contributed by atoms with Crippen molar-refractivity contribution in [2.75, 3.05) is 32.9 Å². The number of aliphatic hydroxyl groups is 1. The summed E-state index contributed by atoms with van der Waals surface area (Å²) in [6, 6.07) is 6.22. The zero-order valence-electron chi connectivity index (χ0n) is 13.8. The van der Waals surface area contributed by atoms with Gasteiger partial charge in [-0.15, -0.1) is 0 Å². The van der Waals surface area contributed by atoms with Crippen molar-refractivity contribution < 1.29 is 13.5 Å². The van der Waals surface area contributed by atoms with Gasteiger partial charge in [-0.25, -0.2) is 12.7 Å². The molecule has 0 amide bonds. The second-order valence-corrected chi connectivity index (χ2v) is 8.67. The van der Waals surface area contributed by atoms with Gasteiger partial charge in [0.1, 0.15) is 0 Å². The maximum Gasteiger partial charge on any atom is 0.214 e. The number of sulfonamides is 1. The van der Waals surface area contributed by atoms with Crippen LogP contribution in [0, 0.1) is 19.8 Å². The molecule has 6 heteroatoms. The van der Waals surface area contributed by atoms with Crippen LogP contribution in [0.15, 0.2) is 18.2 Å². The smallest absolute Gasteiger partial charge is 0.214 e. The molecule has 1 N–H and O–H groups in total. The van der Waals surface area contributed by atoms with Crippen molar-refractivity contribution >= 4 is 10.0 Å². The zero-order chi connectivity index (χ0) is 16.5. The van der Waals surface area contributed by atoms with E-state index in [1.54, 1.807) is 0 Å². The van der Waals surface area contributed by atoms with Crippen LogP contribution in [0.5, 0.6) is 0 Å². The van der Waals surface area contributed by atoms with Gasteiger partial charge >= 0.3 is 0 Å². The lowest BCUT2D eigenvalue weighted by atomic mass is 10.0. The normalized spacial score (nSPS) is 23.4. The molecule has 1 saturated heterocycles. The highest BCUT2D eigenvalue weighted by Crippen LogP contribution is 2.23. The van der Waals surface area contributed by atoms with Gasteiger partial charge in [0.15, 0.2) is 0 Å². The van der Waals surface area contributed by atoms with Crippen LogP contribution in [0.3, 0.4) is 0 Å². The van der Waals surface area contributed by atoms with Crippen molar-refractivity contribution in [3.05, 3.63) is 34.9 Å². The number of likely N-dealkylation sites (tertiary alicyclic amines) is 1. The van der Waals surface area contributed by atoms with E-state index in [2.05, 4.69) is 30.9 Å². The summed E-state index contributed by atoms with van der Waals surface area (Å²) in [6.07, 6.45) is -0.583. The topological polar surface area (TPSA) is 60.9 Å². The highest BCUT2D eigenvalue weighted by atomic mass is 32.2. The summed E-state index contributed by atoms with van der Waals surface area (Å²) in [5.41, 5.74) is 3.76. The Morgan fingerprint density at radius 3 is 2.59 bits per heavy atom. The van der Waals surface area contributed by atoms with Crippen molar-refractivity contribution in [1.82, 2.24) is 9.21 Å². The van der Waals surface area contributed by atoms with E-state index in [0.29, 0.717) is 13.1 Å². The number of β-amino-alcohol motifs (C(OH)–C–C–N with tert-alkyl or cyclic N) is 1. The van der Waals surface area contributed by atoms with Crippen LogP contribution in [-0.2, 0) is 16.6 Å². The average Bonchev–Trinajstić information content (AvgIpc) is 2.74. The van der Waals surface area contributed by atoms with Gasteiger partial charge in [-0.05, 0) is 30.5 Å². The molecule has 124 valence electrons. The lowest BCUT2D eigenvalue weighted by Crippen LogP contribution is -2.33. The van der Waals surface area contributed by atoms with Gasteiger partial charge in [0.25, 0.3) is 0 Å². The summed E-state index contributed by atoms with van der Waals surface area (Å²) in [5.74, 6) is -0.220. The summed E-state index contributed by atoms with van der Waals surface area (Å²) >= 11 is 0. The molecule has 1 fully saturated rings. The summed E-state index contributed by atoms with van der Waals surface area (Å²) in [5, 5.41) is 10.2. The van der Waals surface area contributed by atoms with E-state index in [1.165, 1.54) is 35.1 Å². The highest BCUT2D eigenvalue weighted by Gasteiger charge is 2.35. The Morgan fingerprint density at radius 2 is 1.95 bits per heavy atom. The van der Waals surface area contributed by atoms with E-state index < -0.39 is 16.1 Å². The summed E-state index contributed by atoms with van der Waals surface area (Å²) in [4.78, 5) is 2.14. The number of benzene rings is 1. The molecule has 0 spiro atoms. The minimum atomic E-state index is -3.28. The van der Waals surface area contributed by atoms with Gasteiger partial charge in [-0.1, -0.05) is 18.2 Å². The Morgan fingerprint density at radius 1 is 1.27 bits per heavy atom. The first-order valence-corrected chi connectivity index (χ1v) is 9.17. The lowest BCUT2D eigenvalue weighted by molar-refractivity contribution is 0.148. The van der Waals surface area contributed by atoms with Gasteiger partial charge in [-0.3, -0.25) is 4.90 Å². The Bertz CT molecular complexity index is 628. The number of nitrogens with zero attached hydrogens (tertiary/aromatic N) is 2. The number of hydrogen-bond donors (Lipinski definition) is 1. The second-order valence-electron chi connectivity index (χ2n) is 6.44. The third-order valence-electron chi connectivity index (χ3n) is 4.57. The molecule has 1 aliphatic heterocycles. The Labute approximate surface area is 133 Å². The second kappa shape index (κ2) is 6.66. The molecule has 0 aromatic heterocycles. The molecule has 1 heterocycles. The van der Waals surface area contributed by atoms with E-state index in [-0.39, 0.29) is 11.7 Å². The Hall–Kier alpha value is -0.950. The number of aliphatic hydroxyl groups excluding tert-OH is 1. The van der Waals surface area contributed by atoms with Crippen molar-refractivity contribution in [2.45, 2.75) is 26.5 Å². The predicted octanol–water partition coefficient (Wildman–Crippen LogP) is 0.988. The number of hydrogen-bond acceptors (Lipinski definition) is 4. The van der Waals surface area contributed by atoms with E-state index in [1.807, 2.05) is 6.07 Å². The fourth-order valence-electron chi connectivity index (χ4n) is 2.88. The van der Waals surface area contributed by atoms with Gasteiger partial charge in [-0.2, -0.15) is 0 Å². The maximum atomic E-state index is 12.0. The Balaban J connectivity index is 2.03. The molecule has 2 rings (SSSR count).